The fourth-order valence-electron chi connectivity index (χ4n) is 2.88. The first-order valence-corrected chi connectivity index (χ1v) is 7.81. The first kappa shape index (κ1) is 16.6. The molecule has 1 aliphatic heterocycles. The van der Waals surface area contributed by atoms with Crippen molar-refractivity contribution in [3.8, 4) is 5.75 Å². The van der Waals surface area contributed by atoms with Gasteiger partial charge in [0, 0.05) is 23.9 Å². The average Bonchev–Trinajstić information content (AvgIpc) is 3.05. The highest BCUT2D eigenvalue weighted by Crippen LogP contribution is 2.31. The number of ether oxygens (including phenoxy) is 1. The second-order valence-corrected chi connectivity index (χ2v) is 5.73. The summed E-state index contributed by atoms with van der Waals surface area (Å²) in [4.78, 5) is 35.7. The Hall–Kier alpha value is -3.22. The van der Waals surface area contributed by atoms with E-state index in [1.165, 1.54) is 12.1 Å². The highest BCUT2D eigenvalue weighted by atomic mass is 16.6. The highest BCUT2D eigenvalue weighted by Gasteiger charge is 2.30. The number of hydrogen-bond acceptors (Lipinski definition) is 5. The van der Waals surface area contributed by atoms with Crippen molar-refractivity contribution in [3.05, 3.63) is 63.7 Å². The number of hydrogen-bond donors (Lipinski definition) is 0. The molecule has 0 saturated heterocycles. The number of nitro benzene ring substituents is 1. The molecule has 0 aliphatic carbocycles. The molecule has 128 valence electrons. The molecular formula is C18H16N2O5. The summed E-state index contributed by atoms with van der Waals surface area (Å²) in [5.74, 6) is -0.303. The van der Waals surface area contributed by atoms with Crippen LogP contribution in [-0.2, 0) is 11.2 Å². The van der Waals surface area contributed by atoms with Crippen molar-refractivity contribution in [1.29, 1.82) is 0 Å². The molecule has 25 heavy (non-hydrogen) atoms. The molecule has 7 nitrogen and oxygen atoms in total. The first-order valence-electron chi connectivity index (χ1n) is 7.81. The van der Waals surface area contributed by atoms with Gasteiger partial charge in [-0.2, -0.15) is 0 Å². The van der Waals surface area contributed by atoms with Crippen LogP contribution < -0.4 is 9.64 Å². The topological polar surface area (TPSA) is 89.7 Å². The van der Waals surface area contributed by atoms with Crippen molar-refractivity contribution in [1.82, 2.24) is 0 Å². The third kappa shape index (κ3) is 3.21. The third-order valence-electron chi connectivity index (χ3n) is 4.12. The Morgan fingerprint density at radius 3 is 2.80 bits per heavy atom. The molecular weight excluding hydrogens is 324 g/mol. The minimum Gasteiger partial charge on any atom is -0.474 e. The Balaban J connectivity index is 1.81. The molecule has 0 N–H and O–H groups in total. The van der Waals surface area contributed by atoms with E-state index in [2.05, 4.69) is 0 Å². The van der Waals surface area contributed by atoms with E-state index in [4.69, 9.17) is 4.74 Å². The summed E-state index contributed by atoms with van der Waals surface area (Å²) in [5, 5.41) is 11.2. The summed E-state index contributed by atoms with van der Waals surface area (Å²) in [5.41, 5.74) is 1.76. The average molecular weight is 340 g/mol. The van der Waals surface area contributed by atoms with E-state index in [0.29, 0.717) is 12.8 Å². The molecule has 0 radical (unpaired) electrons. The lowest BCUT2D eigenvalue weighted by atomic mass is 10.2. The maximum Gasteiger partial charge on any atom is 0.311 e. The van der Waals surface area contributed by atoms with E-state index in [1.807, 2.05) is 24.3 Å². The van der Waals surface area contributed by atoms with Gasteiger partial charge in [-0.05, 0) is 37.1 Å². The molecule has 1 amide bonds. The normalized spacial score (nSPS) is 13.9. The lowest BCUT2D eigenvalue weighted by Gasteiger charge is -2.22. The van der Waals surface area contributed by atoms with Gasteiger partial charge in [0.1, 0.15) is 6.29 Å². The predicted octanol–water partition coefficient (Wildman–Crippen LogP) is 2.76. The molecule has 1 heterocycles. The number of nitrogens with zero attached hydrogens (tertiary/aromatic N) is 2. The van der Waals surface area contributed by atoms with Gasteiger partial charge in [-0.3, -0.25) is 19.7 Å². The standard InChI is InChI=1S/C18H16N2O5/c1-12(18(22)19-9-8-14-4-2-3-5-15(14)19)25-17-7-6-13(11-21)10-16(17)20(23)24/h2-7,10-12H,8-9H2,1H3/t12-/m0/s1. The van der Waals surface area contributed by atoms with E-state index in [-0.39, 0.29) is 22.9 Å². The highest BCUT2D eigenvalue weighted by molar-refractivity contribution is 5.98. The van der Waals surface area contributed by atoms with Crippen LogP contribution in [0.2, 0.25) is 0 Å². The number of rotatable bonds is 5. The summed E-state index contributed by atoms with van der Waals surface area (Å²) < 4.78 is 5.55. The van der Waals surface area contributed by atoms with Crippen molar-refractivity contribution < 1.29 is 19.2 Å². The van der Waals surface area contributed by atoms with Gasteiger partial charge >= 0.3 is 5.69 Å². The Morgan fingerprint density at radius 1 is 1.32 bits per heavy atom. The maximum absolute atomic E-state index is 12.7. The van der Waals surface area contributed by atoms with E-state index >= 15 is 0 Å². The van der Waals surface area contributed by atoms with Gasteiger partial charge in [0.2, 0.25) is 0 Å². The van der Waals surface area contributed by atoms with Gasteiger partial charge < -0.3 is 9.64 Å². The van der Waals surface area contributed by atoms with Crippen LogP contribution in [0, 0.1) is 10.1 Å². The zero-order chi connectivity index (χ0) is 18.0. The van der Waals surface area contributed by atoms with Crippen LogP contribution in [0.5, 0.6) is 5.75 Å². The zero-order valence-corrected chi connectivity index (χ0v) is 13.5. The van der Waals surface area contributed by atoms with Crippen molar-refractivity contribution >= 4 is 23.6 Å². The monoisotopic (exact) mass is 340 g/mol. The van der Waals surface area contributed by atoms with Gasteiger partial charge in [-0.25, -0.2) is 0 Å². The van der Waals surface area contributed by atoms with Gasteiger partial charge in [-0.1, -0.05) is 18.2 Å². The van der Waals surface area contributed by atoms with E-state index in [0.717, 1.165) is 23.7 Å². The summed E-state index contributed by atoms with van der Waals surface area (Å²) in [6, 6.07) is 11.5. The summed E-state index contributed by atoms with van der Waals surface area (Å²) in [6.45, 7) is 2.11. The molecule has 0 unspecified atom stereocenters. The molecule has 1 aliphatic rings. The number of nitro groups is 1. The molecule has 3 rings (SSSR count). The SMILES string of the molecule is C[C@H](Oc1ccc(C=O)cc1[N+](=O)[O-])C(=O)N1CCc2ccccc21. The number of para-hydroxylation sites is 1. The number of aldehydes is 1. The lowest BCUT2D eigenvalue weighted by molar-refractivity contribution is -0.386. The Bertz CT molecular complexity index is 849. The van der Waals surface area contributed by atoms with Crippen LogP contribution in [0.25, 0.3) is 0 Å². The molecule has 7 heteroatoms. The van der Waals surface area contributed by atoms with Gasteiger partial charge in [-0.15, -0.1) is 0 Å². The zero-order valence-electron chi connectivity index (χ0n) is 13.5. The van der Waals surface area contributed by atoms with Gasteiger partial charge in [0.15, 0.2) is 11.9 Å². The first-order chi connectivity index (χ1) is 12.0. The van der Waals surface area contributed by atoms with Crippen LogP contribution in [0.1, 0.15) is 22.8 Å². The molecule has 1 atom stereocenters. The quantitative estimate of drug-likeness (QED) is 0.474. The van der Waals surface area contributed by atoms with E-state index < -0.39 is 11.0 Å². The van der Waals surface area contributed by atoms with E-state index in [1.54, 1.807) is 11.8 Å². The third-order valence-corrected chi connectivity index (χ3v) is 4.12. The molecule has 0 fully saturated rings. The Morgan fingerprint density at radius 2 is 2.08 bits per heavy atom. The van der Waals surface area contributed by atoms with Crippen molar-refractivity contribution in [2.45, 2.75) is 19.4 Å². The molecule has 2 aromatic carbocycles. The van der Waals surface area contributed by atoms with Crippen molar-refractivity contribution in [2.24, 2.45) is 0 Å². The number of carbonyl (C=O) groups excluding carboxylic acids is 2. The fourth-order valence-corrected chi connectivity index (χ4v) is 2.88. The second kappa shape index (κ2) is 6.72. The molecule has 0 bridgehead atoms. The lowest BCUT2D eigenvalue weighted by Crippen LogP contribution is -2.39. The predicted molar refractivity (Wildman–Crippen MR) is 91.1 cm³/mol. The largest absolute Gasteiger partial charge is 0.474 e. The fraction of sp³-hybridized carbons (Fsp3) is 0.222. The van der Waals surface area contributed by atoms with Gasteiger partial charge in [0.25, 0.3) is 5.91 Å². The van der Waals surface area contributed by atoms with Crippen LogP contribution in [0.15, 0.2) is 42.5 Å². The molecule has 0 aromatic heterocycles. The van der Waals surface area contributed by atoms with Crippen LogP contribution in [0.3, 0.4) is 0 Å². The summed E-state index contributed by atoms with van der Waals surface area (Å²) >= 11 is 0. The number of anilines is 1. The smallest absolute Gasteiger partial charge is 0.311 e. The van der Waals surface area contributed by atoms with Crippen LogP contribution >= 0.6 is 0 Å². The van der Waals surface area contributed by atoms with Crippen molar-refractivity contribution in [2.75, 3.05) is 11.4 Å². The van der Waals surface area contributed by atoms with Crippen LogP contribution in [-0.4, -0.2) is 29.8 Å². The van der Waals surface area contributed by atoms with E-state index in [9.17, 15) is 19.7 Å². The molecule has 2 aromatic rings. The van der Waals surface area contributed by atoms with Crippen LogP contribution in [0.4, 0.5) is 11.4 Å². The molecule has 0 saturated carbocycles. The van der Waals surface area contributed by atoms with Crippen molar-refractivity contribution in [3.63, 3.8) is 0 Å². The summed E-state index contributed by atoms with van der Waals surface area (Å²) in [6.07, 6.45) is 0.391. The maximum atomic E-state index is 12.7. The summed E-state index contributed by atoms with van der Waals surface area (Å²) in [7, 11) is 0. The Labute approximate surface area is 144 Å². The molecule has 0 spiro atoms. The Kier molecular flexibility index (Phi) is 4.47. The second-order valence-electron chi connectivity index (χ2n) is 5.73. The number of fused-ring (bicyclic) bond motifs is 1. The minimum absolute atomic E-state index is 0.0380. The number of benzene rings is 2. The minimum atomic E-state index is -0.896. The number of carbonyl (C=O) groups is 2. The van der Waals surface area contributed by atoms with Gasteiger partial charge in [0.05, 0.1) is 4.92 Å². The number of amides is 1.